The number of nitrogens with zero attached hydrogens (tertiary/aromatic N) is 1. The fraction of sp³-hybridized carbons (Fsp3) is 0.217. The van der Waals surface area contributed by atoms with Crippen LogP contribution in [0.3, 0.4) is 0 Å². The maximum atomic E-state index is 12.8. The molecule has 1 N–H and O–H groups in total. The molecule has 3 rings (SSSR count). The molecular weight excluding hydrogens is 425 g/mol. The SMILES string of the molecule is CC(C)(C)OC(=O)Nc1cc(-c2ccccc2Sc2ccc(C(F)(F)F)cc2)ccn1. The lowest BCUT2D eigenvalue weighted by atomic mass is 10.1. The van der Waals surface area contributed by atoms with Gasteiger partial charge in [-0.05, 0) is 74.4 Å². The predicted molar refractivity (Wildman–Crippen MR) is 115 cm³/mol. The molecule has 4 nitrogen and oxygen atoms in total. The lowest BCUT2D eigenvalue weighted by Gasteiger charge is -2.19. The van der Waals surface area contributed by atoms with Crippen LogP contribution in [0, 0.1) is 0 Å². The van der Waals surface area contributed by atoms with Gasteiger partial charge in [0.1, 0.15) is 11.4 Å². The van der Waals surface area contributed by atoms with Gasteiger partial charge in [-0.25, -0.2) is 9.78 Å². The molecule has 162 valence electrons. The number of carbonyl (C=O) groups excluding carboxylic acids is 1. The van der Waals surface area contributed by atoms with E-state index in [1.54, 1.807) is 39.1 Å². The van der Waals surface area contributed by atoms with Crippen molar-refractivity contribution < 1.29 is 22.7 Å². The maximum absolute atomic E-state index is 12.8. The van der Waals surface area contributed by atoms with Crippen LogP contribution >= 0.6 is 11.8 Å². The summed E-state index contributed by atoms with van der Waals surface area (Å²) in [5, 5.41) is 2.61. The van der Waals surface area contributed by atoms with Crippen LogP contribution in [0.5, 0.6) is 0 Å². The van der Waals surface area contributed by atoms with Crippen molar-refractivity contribution in [2.75, 3.05) is 5.32 Å². The molecule has 0 atom stereocenters. The number of rotatable bonds is 4. The minimum atomic E-state index is -4.37. The van der Waals surface area contributed by atoms with Gasteiger partial charge in [-0.15, -0.1) is 0 Å². The number of anilines is 1. The van der Waals surface area contributed by atoms with Gasteiger partial charge in [-0.2, -0.15) is 13.2 Å². The van der Waals surface area contributed by atoms with Crippen LogP contribution < -0.4 is 5.32 Å². The van der Waals surface area contributed by atoms with E-state index in [4.69, 9.17) is 4.74 Å². The Morgan fingerprint density at radius 3 is 2.32 bits per heavy atom. The second kappa shape index (κ2) is 9.01. The highest BCUT2D eigenvalue weighted by molar-refractivity contribution is 7.99. The molecule has 1 aromatic heterocycles. The van der Waals surface area contributed by atoms with E-state index in [2.05, 4.69) is 10.3 Å². The van der Waals surface area contributed by atoms with Gasteiger partial charge in [-0.1, -0.05) is 30.0 Å². The van der Waals surface area contributed by atoms with Gasteiger partial charge < -0.3 is 4.74 Å². The van der Waals surface area contributed by atoms with E-state index in [1.165, 1.54) is 23.9 Å². The van der Waals surface area contributed by atoms with E-state index in [0.29, 0.717) is 10.7 Å². The van der Waals surface area contributed by atoms with Gasteiger partial charge in [0.15, 0.2) is 0 Å². The zero-order valence-corrected chi connectivity index (χ0v) is 18.0. The number of hydrogen-bond acceptors (Lipinski definition) is 4. The van der Waals surface area contributed by atoms with E-state index in [1.807, 2.05) is 24.3 Å². The third-order valence-electron chi connectivity index (χ3n) is 4.00. The molecule has 31 heavy (non-hydrogen) atoms. The summed E-state index contributed by atoms with van der Waals surface area (Å²) < 4.78 is 43.6. The Morgan fingerprint density at radius 2 is 1.68 bits per heavy atom. The summed E-state index contributed by atoms with van der Waals surface area (Å²) >= 11 is 1.36. The number of carbonyl (C=O) groups is 1. The van der Waals surface area contributed by atoms with Crippen LogP contribution in [0.2, 0.25) is 0 Å². The first kappa shape index (κ1) is 22.7. The van der Waals surface area contributed by atoms with Gasteiger partial charge in [0.25, 0.3) is 0 Å². The Hall–Kier alpha value is -3.00. The van der Waals surface area contributed by atoms with Crippen molar-refractivity contribution in [3.63, 3.8) is 0 Å². The Bertz CT molecular complexity index is 1060. The molecule has 0 saturated heterocycles. The van der Waals surface area contributed by atoms with Gasteiger partial charge in [-0.3, -0.25) is 5.32 Å². The molecule has 0 fully saturated rings. The number of ether oxygens (including phenoxy) is 1. The molecule has 0 radical (unpaired) electrons. The number of aromatic nitrogens is 1. The molecule has 0 aliphatic rings. The summed E-state index contributed by atoms with van der Waals surface area (Å²) in [7, 11) is 0. The molecule has 1 amide bonds. The molecule has 0 unspecified atom stereocenters. The standard InChI is InChI=1S/C23H21F3N2O2S/c1-22(2,3)30-21(29)28-20-14-15(12-13-27-20)18-6-4-5-7-19(18)31-17-10-8-16(9-11-17)23(24,25)26/h4-14H,1-3H3,(H,27,28,29). The van der Waals surface area contributed by atoms with Crippen LogP contribution in [-0.4, -0.2) is 16.7 Å². The largest absolute Gasteiger partial charge is 0.444 e. The summed E-state index contributed by atoms with van der Waals surface area (Å²) in [4.78, 5) is 17.7. The van der Waals surface area contributed by atoms with Crippen molar-refractivity contribution in [1.82, 2.24) is 4.98 Å². The summed E-state index contributed by atoms with van der Waals surface area (Å²) in [5.41, 5.74) is 0.349. The summed E-state index contributed by atoms with van der Waals surface area (Å²) in [6.45, 7) is 5.31. The van der Waals surface area contributed by atoms with E-state index < -0.39 is 23.4 Å². The molecule has 1 heterocycles. The second-order valence-corrected chi connectivity index (χ2v) is 8.79. The van der Waals surface area contributed by atoms with Gasteiger partial charge >= 0.3 is 12.3 Å². The minimum Gasteiger partial charge on any atom is -0.444 e. The quantitative estimate of drug-likeness (QED) is 0.458. The summed E-state index contributed by atoms with van der Waals surface area (Å²) in [6.07, 6.45) is -3.40. The lowest BCUT2D eigenvalue weighted by molar-refractivity contribution is -0.137. The predicted octanol–water partition coefficient (Wildman–Crippen LogP) is 7.27. The summed E-state index contributed by atoms with van der Waals surface area (Å²) in [6, 6.07) is 16.1. The highest BCUT2D eigenvalue weighted by Gasteiger charge is 2.30. The minimum absolute atomic E-state index is 0.334. The van der Waals surface area contributed by atoms with Crippen LogP contribution in [0.15, 0.2) is 76.7 Å². The number of alkyl halides is 3. The number of pyridine rings is 1. The second-order valence-electron chi connectivity index (χ2n) is 7.68. The molecule has 0 aliphatic heterocycles. The Labute approximate surface area is 182 Å². The molecular formula is C23H21F3N2O2S. The molecule has 2 aromatic carbocycles. The van der Waals surface area contributed by atoms with Crippen molar-refractivity contribution in [2.45, 2.75) is 42.3 Å². The number of nitrogens with one attached hydrogen (secondary N) is 1. The molecule has 0 bridgehead atoms. The highest BCUT2D eigenvalue weighted by atomic mass is 32.2. The van der Waals surface area contributed by atoms with E-state index in [9.17, 15) is 18.0 Å². The first-order valence-corrected chi connectivity index (χ1v) is 10.2. The number of hydrogen-bond donors (Lipinski definition) is 1. The fourth-order valence-electron chi connectivity index (χ4n) is 2.71. The van der Waals surface area contributed by atoms with Crippen molar-refractivity contribution in [2.24, 2.45) is 0 Å². The monoisotopic (exact) mass is 446 g/mol. The lowest BCUT2D eigenvalue weighted by Crippen LogP contribution is -2.27. The Kier molecular flexibility index (Phi) is 6.59. The van der Waals surface area contributed by atoms with Crippen molar-refractivity contribution in [3.8, 4) is 11.1 Å². The average Bonchev–Trinajstić information content (AvgIpc) is 2.67. The molecule has 0 spiro atoms. The number of benzene rings is 2. The van der Waals surface area contributed by atoms with Crippen LogP contribution in [0.1, 0.15) is 26.3 Å². The van der Waals surface area contributed by atoms with E-state index in [0.717, 1.165) is 28.2 Å². The molecule has 0 saturated carbocycles. The number of halogens is 3. The zero-order chi connectivity index (χ0) is 22.6. The van der Waals surface area contributed by atoms with E-state index >= 15 is 0 Å². The first-order valence-electron chi connectivity index (χ1n) is 9.42. The fourth-order valence-corrected chi connectivity index (χ4v) is 3.68. The molecule has 0 aliphatic carbocycles. The average molecular weight is 446 g/mol. The van der Waals surface area contributed by atoms with Crippen LogP contribution in [-0.2, 0) is 10.9 Å². The highest BCUT2D eigenvalue weighted by Crippen LogP contribution is 2.37. The van der Waals surface area contributed by atoms with Crippen molar-refractivity contribution >= 4 is 23.7 Å². The Morgan fingerprint density at radius 1 is 1.00 bits per heavy atom. The summed E-state index contributed by atoms with van der Waals surface area (Å²) in [5.74, 6) is 0.334. The topological polar surface area (TPSA) is 51.2 Å². The van der Waals surface area contributed by atoms with Gasteiger partial charge in [0.2, 0.25) is 0 Å². The normalized spacial score (nSPS) is 11.8. The number of amides is 1. The smallest absolute Gasteiger partial charge is 0.416 e. The van der Waals surface area contributed by atoms with E-state index in [-0.39, 0.29) is 0 Å². The van der Waals surface area contributed by atoms with Crippen LogP contribution in [0.4, 0.5) is 23.8 Å². The van der Waals surface area contributed by atoms with Gasteiger partial charge in [0.05, 0.1) is 5.56 Å². The third kappa shape index (κ3) is 6.49. The first-order chi connectivity index (χ1) is 14.5. The maximum Gasteiger partial charge on any atom is 0.416 e. The third-order valence-corrected chi connectivity index (χ3v) is 5.08. The van der Waals surface area contributed by atoms with Crippen molar-refractivity contribution in [1.29, 1.82) is 0 Å². The van der Waals surface area contributed by atoms with Gasteiger partial charge in [0, 0.05) is 16.0 Å². The molecule has 3 aromatic rings. The zero-order valence-electron chi connectivity index (χ0n) is 17.2. The Balaban J connectivity index is 1.83. The molecule has 8 heteroatoms. The van der Waals surface area contributed by atoms with Crippen molar-refractivity contribution in [3.05, 3.63) is 72.4 Å². The van der Waals surface area contributed by atoms with Crippen LogP contribution in [0.25, 0.3) is 11.1 Å².